The second-order valence-electron chi connectivity index (χ2n) is 3.04. The van der Waals surface area contributed by atoms with E-state index < -0.39 is 4.92 Å². The summed E-state index contributed by atoms with van der Waals surface area (Å²) in [6.45, 7) is 0.135. The van der Waals surface area contributed by atoms with Gasteiger partial charge in [0.15, 0.2) is 0 Å². The molecule has 1 aromatic heterocycles. The number of hydrogen-bond acceptors (Lipinski definition) is 6. The summed E-state index contributed by atoms with van der Waals surface area (Å²) in [4.78, 5) is 10.1. The van der Waals surface area contributed by atoms with Gasteiger partial charge < -0.3 is 4.74 Å². The molecule has 0 fully saturated rings. The minimum Gasteiger partial charge on any atom is -0.487 e. The Kier molecular flexibility index (Phi) is 3.50. The van der Waals surface area contributed by atoms with Crippen molar-refractivity contribution in [3.8, 4) is 5.75 Å². The molecule has 0 N–H and O–H groups in total. The Morgan fingerprint density at radius 1 is 1.53 bits per heavy atom. The van der Waals surface area contributed by atoms with Crippen LogP contribution in [0.3, 0.4) is 0 Å². The molecule has 0 bridgehead atoms. The Labute approximate surface area is 105 Å². The van der Waals surface area contributed by atoms with Gasteiger partial charge in [-0.1, -0.05) is 22.2 Å². The topological polar surface area (TPSA) is 78.2 Å². The van der Waals surface area contributed by atoms with Gasteiger partial charge in [-0.05, 0) is 6.07 Å². The van der Waals surface area contributed by atoms with Crippen molar-refractivity contribution < 1.29 is 9.66 Å². The van der Waals surface area contributed by atoms with E-state index >= 15 is 0 Å². The highest BCUT2D eigenvalue weighted by molar-refractivity contribution is 7.10. The van der Waals surface area contributed by atoms with Crippen LogP contribution in [0.1, 0.15) is 5.69 Å². The van der Waals surface area contributed by atoms with Crippen LogP contribution in [-0.4, -0.2) is 14.5 Å². The van der Waals surface area contributed by atoms with Crippen LogP contribution in [0.25, 0.3) is 0 Å². The largest absolute Gasteiger partial charge is 0.487 e. The number of aromatic nitrogens is 2. The molecule has 17 heavy (non-hydrogen) atoms. The van der Waals surface area contributed by atoms with Crippen molar-refractivity contribution in [2.75, 3.05) is 0 Å². The zero-order valence-corrected chi connectivity index (χ0v) is 9.94. The zero-order valence-electron chi connectivity index (χ0n) is 8.37. The number of nitro groups is 1. The number of nitrogens with zero attached hydrogens (tertiary/aromatic N) is 3. The molecule has 0 aliphatic carbocycles. The molecule has 0 aliphatic rings. The fourth-order valence-electron chi connectivity index (χ4n) is 1.12. The molecule has 1 aromatic carbocycles. The van der Waals surface area contributed by atoms with Gasteiger partial charge >= 0.3 is 0 Å². The van der Waals surface area contributed by atoms with Crippen LogP contribution in [0.5, 0.6) is 5.75 Å². The molecular formula is C9H6ClN3O3S. The first-order valence-corrected chi connectivity index (χ1v) is 5.66. The second kappa shape index (κ2) is 5.07. The molecule has 0 aliphatic heterocycles. The summed E-state index contributed by atoms with van der Waals surface area (Å²) in [5.41, 5.74) is 0.494. The standard InChI is InChI=1S/C9H6ClN3O3S/c10-9-8(11-12-17-9)5-16-7-3-1-2-6(4-7)13(14)15/h1-4H,5H2. The third kappa shape index (κ3) is 2.89. The highest BCUT2D eigenvalue weighted by Crippen LogP contribution is 2.22. The Hall–Kier alpha value is -1.73. The first kappa shape index (κ1) is 11.7. The number of benzene rings is 1. The molecule has 0 saturated heterocycles. The third-order valence-corrected chi connectivity index (χ3v) is 2.90. The van der Waals surface area contributed by atoms with Crippen LogP contribution in [0.15, 0.2) is 24.3 Å². The fourth-order valence-corrected chi connectivity index (χ4v) is 1.72. The molecule has 2 rings (SSSR count). The minimum atomic E-state index is -0.482. The predicted octanol–water partition coefficient (Wildman–Crippen LogP) is 2.68. The van der Waals surface area contributed by atoms with E-state index in [0.717, 1.165) is 11.5 Å². The lowest BCUT2D eigenvalue weighted by molar-refractivity contribution is -0.384. The summed E-state index contributed by atoms with van der Waals surface area (Å²) >= 11 is 6.86. The van der Waals surface area contributed by atoms with Crippen LogP contribution in [0.4, 0.5) is 5.69 Å². The minimum absolute atomic E-state index is 0.0231. The van der Waals surface area contributed by atoms with Crippen molar-refractivity contribution in [3.63, 3.8) is 0 Å². The second-order valence-corrected chi connectivity index (χ2v) is 4.39. The summed E-state index contributed by atoms with van der Waals surface area (Å²) in [5, 5.41) is 14.3. The molecule has 1 heterocycles. The molecule has 8 heteroatoms. The maximum atomic E-state index is 10.5. The quantitative estimate of drug-likeness (QED) is 0.631. The van der Waals surface area contributed by atoms with Gasteiger partial charge in [0.25, 0.3) is 5.69 Å². The van der Waals surface area contributed by atoms with Gasteiger partial charge in [0.1, 0.15) is 22.4 Å². The Morgan fingerprint density at radius 2 is 2.35 bits per heavy atom. The summed E-state index contributed by atoms with van der Waals surface area (Å²) in [5.74, 6) is 0.392. The monoisotopic (exact) mass is 271 g/mol. The summed E-state index contributed by atoms with van der Waals surface area (Å²) in [6.07, 6.45) is 0. The molecule has 0 atom stereocenters. The lowest BCUT2D eigenvalue weighted by Crippen LogP contribution is -1.97. The van der Waals surface area contributed by atoms with Crippen LogP contribution in [0.2, 0.25) is 4.34 Å². The van der Waals surface area contributed by atoms with Crippen molar-refractivity contribution in [3.05, 3.63) is 44.4 Å². The number of non-ortho nitro benzene ring substituents is 1. The van der Waals surface area contributed by atoms with Crippen LogP contribution in [-0.2, 0) is 6.61 Å². The highest BCUT2D eigenvalue weighted by Gasteiger charge is 2.09. The van der Waals surface area contributed by atoms with E-state index in [0.29, 0.717) is 15.8 Å². The predicted molar refractivity (Wildman–Crippen MR) is 62.3 cm³/mol. The van der Waals surface area contributed by atoms with Crippen LogP contribution >= 0.6 is 23.1 Å². The number of hydrogen-bond donors (Lipinski definition) is 0. The van der Waals surface area contributed by atoms with E-state index in [1.807, 2.05) is 0 Å². The zero-order chi connectivity index (χ0) is 12.3. The van der Waals surface area contributed by atoms with Crippen molar-refractivity contribution in [1.82, 2.24) is 9.59 Å². The molecule has 0 radical (unpaired) electrons. The number of nitro benzene ring substituents is 1. The molecule has 0 amide bonds. The van der Waals surface area contributed by atoms with Crippen molar-refractivity contribution in [1.29, 1.82) is 0 Å². The van der Waals surface area contributed by atoms with Crippen LogP contribution in [0, 0.1) is 10.1 Å². The molecule has 88 valence electrons. The van der Waals surface area contributed by atoms with Gasteiger partial charge in [0.2, 0.25) is 0 Å². The number of halogens is 1. The first-order chi connectivity index (χ1) is 8.16. The van der Waals surface area contributed by atoms with E-state index in [4.69, 9.17) is 16.3 Å². The van der Waals surface area contributed by atoms with E-state index in [2.05, 4.69) is 9.59 Å². The van der Waals surface area contributed by atoms with Gasteiger partial charge in [-0.2, -0.15) is 0 Å². The molecule has 6 nitrogen and oxygen atoms in total. The Morgan fingerprint density at radius 3 is 3.00 bits per heavy atom. The smallest absolute Gasteiger partial charge is 0.273 e. The lowest BCUT2D eigenvalue weighted by Gasteiger charge is -2.03. The molecular weight excluding hydrogens is 266 g/mol. The molecule has 0 spiro atoms. The lowest BCUT2D eigenvalue weighted by atomic mass is 10.3. The Balaban J connectivity index is 2.07. The van der Waals surface area contributed by atoms with Gasteiger partial charge in [-0.15, -0.1) is 5.10 Å². The average molecular weight is 272 g/mol. The summed E-state index contributed by atoms with van der Waals surface area (Å²) < 4.78 is 9.44. The fraction of sp³-hybridized carbons (Fsp3) is 0.111. The Bertz CT molecular complexity index is 546. The van der Waals surface area contributed by atoms with Crippen LogP contribution < -0.4 is 4.74 Å². The van der Waals surface area contributed by atoms with Crippen molar-refractivity contribution in [2.45, 2.75) is 6.61 Å². The van der Waals surface area contributed by atoms with E-state index in [1.165, 1.54) is 12.1 Å². The normalized spacial score (nSPS) is 10.2. The van der Waals surface area contributed by atoms with Crippen molar-refractivity contribution >= 4 is 28.8 Å². The number of ether oxygens (including phenoxy) is 1. The highest BCUT2D eigenvalue weighted by atomic mass is 35.5. The maximum absolute atomic E-state index is 10.5. The van der Waals surface area contributed by atoms with E-state index in [-0.39, 0.29) is 12.3 Å². The summed E-state index contributed by atoms with van der Waals surface area (Å²) in [7, 11) is 0. The third-order valence-electron chi connectivity index (χ3n) is 1.91. The van der Waals surface area contributed by atoms with E-state index in [1.54, 1.807) is 12.1 Å². The van der Waals surface area contributed by atoms with Gasteiger partial charge in [-0.3, -0.25) is 10.1 Å². The number of rotatable bonds is 4. The maximum Gasteiger partial charge on any atom is 0.273 e. The van der Waals surface area contributed by atoms with E-state index in [9.17, 15) is 10.1 Å². The average Bonchev–Trinajstić information content (AvgIpc) is 2.72. The van der Waals surface area contributed by atoms with Gasteiger partial charge in [-0.25, -0.2) is 0 Å². The summed E-state index contributed by atoms with van der Waals surface area (Å²) in [6, 6.07) is 5.91. The molecule has 0 saturated carbocycles. The van der Waals surface area contributed by atoms with Gasteiger partial charge in [0, 0.05) is 17.6 Å². The first-order valence-electron chi connectivity index (χ1n) is 4.51. The van der Waals surface area contributed by atoms with Gasteiger partial charge in [0.05, 0.1) is 11.0 Å². The molecule has 0 unspecified atom stereocenters. The van der Waals surface area contributed by atoms with Crippen molar-refractivity contribution in [2.24, 2.45) is 0 Å². The SMILES string of the molecule is O=[N+]([O-])c1cccc(OCc2nnsc2Cl)c1. The molecule has 2 aromatic rings.